The Bertz CT molecular complexity index is 713. The molecule has 0 aliphatic rings. The molecule has 0 saturated heterocycles. The van der Waals surface area contributed by atoms with Crippen LogP contribution in [0.1, 0.15) is 29.0 Å². The Kier molecular flexibility index (Phi) is 5.32. The number of ether oxygens (including phenoxy) is 1. The van der Waals surface area contributed by atoms with E-state index in [1.54, 1.807) is 12.1 Å². The van der Waals surface area contributed by atoms with E-state index in [2.05, 4.69) is 6.07 Å². The number of hydrogen-bond donors (Lipinski definition) is 0. The van der Waals surface area contributed by atoms with Crippen molar-refractivity contribution in [2.24, 2.45) is 0 Å². The summed E-state index contributed by atoms with van der Waals surface area (Å²) >= 11 is 0. The van der Waals surface area contributed by atoms with Crippen molar-refractivity contribution in [2.45, 2.75) is 26.2 Å². The first kappa shape index (κ1) is 16.5. The van der Waals surface area contributed by atoms with Crippen LogP contribution in [0.5, 0.6) is 5.75 Å². The van der Waals surface area contributed by atoms with Gasteiger partial charge in [-0.25, -0.2) is 0 Å². The largest absolute Gasteiger partial charge is 0.493 e. The van der Waals surface area contributed by atoms with Crippen molar-refractivity contribution < 1.29 is 9.66 Å². The minimum atomic E-state index is -0.449. The maximum absolute atomic E-state index is 10.7. The van der Waals surface area contributed by atoms with E-state index in [1.807, 2.05) is 32.0 Å². The highest BCUT2D eigenvalue weighted by atomic mass is 16.6. The number of hydrogen-bond acceptors (Lipinski definition) is 4. The van der Waals surface area contributed by atoms with Gasteiger partial charge < -0.3 is 4.74 Å². The fraction of sp³-hybridized carbons (Fsp3) is 0.278. The van der Waals surface area contributed by atoms with Crippen LogP contribution >= 0.6 is 0 Å². The number of nitriles is 1. The number of nitrogens with zero attached hydrogens (tertiary/aromatic N) is 2. The Morgan fingerprint density at radius 1 is 1.17 bits per heavy atom. The molecule has 2 aromatic carbocycles. The molecule has 1 unspecified atom stereocenters. The Morgan fingerprint density at radius 2 is 1.78 bits per heavy atom. The quantitative estimate of drug-likeness (QED) is 0.589. The van der Waals surface area contributed by atoms with Crippen molar-refractivity contribution in [3.05, 3.63) is 69.3 Å². The van der Waals surface area contributed by atoms with E-state index in [1.165, 1.54) is 12.1 Å². The number of non-ortho nitro benzene ring substituents is 1. The third-order valence-corrected chi connectivity index (χ3v) is 3.72. The van der Waals surface area contributed by atoms with Crippen LogP contribution < -0.4 is 4.74 Å². The number of rotatable bonds is 6. The summed E-state index contributed by atoms with van der Waals surface area (Å²) in [4.78, 5) is 10.2. The van der Waals surface area contributed by atoms with Gasteiger partial charge in [-0.3, -0.25) is 10.1 Å². The lowest BCUT2D eigenvalue weighted by molar-refractivity contribution is -0.384. The summed E-state index contributed by atoms with van der Waals surface area (Å²) in [6.07, 6.45) is 0.530. The molecule has 0 N–H and O–H groups in total. The minimum absolute atomic E-state index is 0.0252. The van der Waals surface area contributed by atoms with Crippen molar-refractivity contribution in [1.82, 2.24) is 0 Å². The number of benzene rings is 2. The average Bonchev–Trinajstić information content (AvgIpc) is 2.54. The van der Waals surface area contributed by atoms with Gasteiger partial charge in [0.05, 0.1) is 23.5 Å². The number of aryl methyl sites for hydroxylation is 2. The van der Waals surface area contributed by atoms with Gasteiger partial charge in [-0.2, -0.15) is 5.26 Å². The van der Waals surface area contributed by atoms with E-state index in [-0.39, 0.29) is 11.6 Å². The summed E-state index contributed by atoms with van der Waals surface area (Å²) in [5.41, 5.74) is 2.92. The zero-order chi connectivity index (χ0) is 16.8. The molecule has 0 radical (unpaired) electrons. The lowest BCUT2D eigenvalue weighted by Gasteiger charge is -2.14. The fourth-order valence-corrected chi connectivity index (χ4v) is 2.44. The predicted octanol–water partition coefficient (Wildman–Crippen LogP) is 4.29. The molecule has 0 spiro atoms. The monoisotopic (exact) mass is 310 g/mol. The van der Waals surface area contributed by atoms with E-state index < -0.39 is 4.92 Å². The molecular weight excluding hydrogens is 292 g/mol. The molecule has 1 atom stereocenters. The first-order valence-corrected chi connectivity index (χ1v) is 7.36. The first-order chi connectivity index (χ1) is 11.0. The summed E-state index contributed by atoms with van der Waals surface area (Å²) in [6.45, 7) is 4.39. The van der Waals surface area contributed by atoms with Crippen molar-refractivity contribution in [3.63, 3.8) is 0 Å². The molecule has 118 valence electrons. The molecule has 0 bridgehead atoms. The Hall–Kier alpha value is -2.87. The third kappa shape index (κ3) is 4.07. The van der Waals surface area contributed by atoms with Gasteiger partial charge in [0.2, 0.25) is 0 Å². The number of nitro groups is 1. The van der Waals surface area contributed by atoms with E-state index in [4.69, 9.17) is 4.74 Å². The highest BCUT2D eigenvalue weighted by Crippen LogP contribution is 2.25. The average molecular weight is 310 g/mol. The summed E-state index contributed by atoms with van der Waals surface area (Å²) < 4.78 is 5.82. The van der Waals surface area contributed by atoms with Gasteiger partial charge in [-0.05, 0) is 30.5 Å². The lowest BCUT2D eigenvalue weighted by atomic mass is 9.97. The van der Waals surface area contributed by atoms with Crippen LogP contribution in [0.3, 0.4) is 0 Å². The summed E-state index contributed by atoms with van der Waals surface area (Å²) in [6, 6.07) is 14.3. The van der Waals surface area contributed by atoms with Crippen LogP contribution in [0.25, 0.3) is 0 Å². The molecule has 0 fully saturated rings. The Labute approximate surface area is 135 Å². The van der Waals surface area contributed by atoms with Crippen LogP contribution in [0.4, 0.5) is 5.69 Å². The maximum atomic E-state index is 10.7. The van der Waals surface area contributed by atoms with Crippen molar-refractivity contribution in [2.75, 3.05) is 6.61 Å². The minimum Gasteiger partial charge on any atom is -0.493 e. The number of nitro benzene ring substituents is 1. The van der Waals surface area contributed by atoms with E-state index in [9.17, 15) is 15.4 Å². The van der Waals surface area contributed by atoms with E-state index in [0.29, 0.717) is 13.0 Å². The van der Waals surface area contributed by atoms with Crippen molar-refractivity contribution in [3.8, 4) is 11.8 Å². The molecule has 0 saturated carbocycles. The fourth-order valence-electron chi connectivity index (χ4n) is 2.44. The summed E-state index contributed by atoms with van der Waals surface area (Å²) in [5.74, 6) is 0.507. The predicted molar refractivity (Wildman–Crippen MR) is 87.5 cm³/mol. The van der Waals surface area contributed by atoms with E-state index >= 15 is 0 Å². The zero-order valence-electron chi connectivity index (χ0n) is 13.2. The molecule has 0 aliphatic heterocycles. The van der Waals surface area contributed by atoms with Crippen LogP contribution in [0.2, 0.25) is 0 Å². The smallest absolute Gasteiger partial charge is 0.269 e. The third-order valence-electron chi connectivity index (χ3n) is 3.72. The van der Waals surface area contributed by atoms with Gasteiger partial charge >= 0.3 is 0 Å². The molecule has 0 heterocycles. The van der Waals surface area contributed by atoms with Gasteiger partial charge in [-0.15, -0.1) is 0 Å². The van der Waals surface area contributed by atoms with Crippen LogP contribution in [0.15, 0.2) is 42.5 Å². The number of para-hydroxylation sites is 1. The van der Waals surface area contributed by atoms with Gasteiger partial charge in [-0.1, -0.05) is 30.3 Å². The standard InChI is InChI=1S/C18H18N2O3/c1-13-4-3-5-14(2)18(13)23-11-10-16(12-19)15-6-8-17(9-7-15)20(21)22/h3-9,16H,10-11H2,1-2H3. The van der Waals surface area contributed by atoms with Crippen LogP contribution in [-0.2, 0) is 0 Å². The molecular formula is C18H18N2O3. The SMILES string of the molecule is Cc1cccc(C)c1OCCC(C#N)c1ccc([N+](=O)[O-])cc1. The maximum Gasteiger partial charge on any atom is 0.269 e. The topological polar surface area (TPSA) is 76.2 Å². The second-order valence-electron chi connectivity index (χ2n) is 5.39. The van der Waals surface area contributed by atoms with Crippen LogP contribution in [-0.4, -0.2) is 11.5 Å². The molecule has 5 heteroatoms. The Balaban J connectivity index is 2.00. The molecule has 2 rings (SSSR count). The zero-order valence-corrected chi connectivity index (χ0v) is 13.2. The first-order valence-electron chi connectivity index (χ1n) is 7.36. The normalized spacial score (nSPS) is 11.5. The van der Waals surface area contributed by atoms with Gasteiger partial charge in [0.1, 0.15) is 5.75 Å². The Morgan fingerprint density at radius 3 is 2.30 bits per heavy atom. The second kappa shape index (κ2) is 7.41. The van der Waals surface area contributed by atoms with Crippen molar-refractivity contribution in [1.29, 1.82) is 5.26 Å². The molecule has 0 aliphatic carbocycles. The molecule has 0 amide bonds. The summed E-state index contributed by atoms with van der Waals surface area (Å²) in [5, 5.41) is 20.0. The van der Waals surface area contributed by atoms with Gasteiger partial charge in [0.25, 0.3) is 5.69 Å². The molecule has 0 aromatic heterocycles. The lowest BCUT2D eigenvalue weighted by Crippen LogP contribution is -2.06. The summed E-state index contributed by atoms with van der Waals surface area (Å²) in [7, 11) is 0. The van der Waals surface area contributed by atoms with Crippen molar-refractivity contribution >= 4 is 5.69 Å². The molecule has 2 aromatic rings. The second-order valence-corrected chi connectivity index (χ2v) is 5.39. The van der Waals surface area contributed by atoms with Gasteiger partial charge in [0.15, 0.2) is 0 Å². The highest BCUT2D eigenvalue weighted by Gasteiger charge is 2.13. The molecule has 23 heavy (non-hydrogen) atoms. The highest BCUT2D eigenvalue weighted by molar-refractivity contribution is 5.40. The van der Waals surface area contributed by atoms with Gasteiger partial charge in [0, 0.05) is 18.6 Å². The van der Waals surface area contributed by atoms with Crippen LogP contribution in [0, 0.1) is 35.3 Å². The molecule has 5 nitrogen and oxygen atoms in total. The van der Waals surface area contributed by atoms with E-state index in [0.717, 1.165) is 22.4 Å².